The minimum absolute atomic E-state index is 0.514. The normalized spacial score (nSPS) is 19.2. The Morgan fingerprint density at radius 1 is 1.37 bits per heavy atom. The van der Waals surface area contributed by atoms with E-state index in [-0.39, 0.29) is 0 Å². The van der Waals surface area contributed by atoms with Crippen molar-refractivity contribution < 1.29 is 4.74 Å². The Morgan fingerprint density at radius 3 is 2.89 bits per heavy atom. The molecule has 0 aliphatic carbocycles. The molecular weight excluding hydrogens is 236 g/mol. The van der Waals surface area contributed by atoms with E-state index in [2.05, 4.69) is 24.0 Å². The van der Waals surface area contributed by atoms with Crippen molar-refractivity contribution in [2.24, 2.45) is 0 Å². The van der Waals surface area contributed by atoms with Gasteiger partial charge in [0.05, 0.1) is 6.10 Å². The summed E-state index contributed by atoms with van der Waals surface area (Å²) >= 11 is 0. The van der Waals surface area contributed by atoms with Crippen molar-refractivity contribution in [2.75, 3.05) is 25.4 Å². The molecule has 3 nitrogen and oxygen atoms in total. The number of benzene rings is 1. The van der Waals surface area contributed by atoms with Gasteiger partial charge >= 0.3 is 0 Å². The minimum Gasteiger partial charge on any atom is -0.398 e. The monoisotopic (exact) mass is 262 g/mol. The van der Waals surface area contributed by atoms with Crippen molar-refractivity contribution in [1.82, 2.24) is 4.90 Å². The molecule has 1 fully saturated rings. The number of ether oxygens (including phenoxy) is 1. The van der Waals surface area contributed by atoms with E-state index >= 15 is 0 Å². The van der Waals surface area contributed by atoms with Gasteiger partial charge in [-0.05, 0) is 50.4 Å². The van der Waals surface area contributed by atoms with E-state index in [4.69, 9.17) is 10.5 Å². The number of nitrogen functional groups attached to an aromatic ring is 1. The van der Waals surface area contributed by atoms with Crippen molar-refractivity contribution in [2.45, 2.75) is 45.3 Å². The second-order valence-electron chi connectivity index (χ2n) is 5.34. The quantitative estimate of drug-likeness (QED) is 0.768. The zero-order valence-corrected chi connectivity index (χ0v) is 12.0. The lowest BCUT2D eigenvalue weighted by Gasteiger charge is -2.22. The van der Waals surface area contributed by atoms with Crippen LogP contribution in [0.2, 0.25) is 0 Å². The van der Waals surface area contributed by atoms with Crippen molar-refractivity contribution in [1.29, 1.82) is 0 Å². The molecule has 0 aromatic heterocycles. The Labute approximate surface area is 116 Å². The van der Waals surface area contributed by atoms with Crippen LogP contribution in [0.25, 0.3) is 0 Å². The van der Waals surface area contributed by atoms with Crippen LogP contribution in [0.3, 0.4) is 0 Å². The number of para-hydroxylation sites is 1. The van der Waals surface area contributed by atoms with E-state index in [0.717, 1.165) is 31.9 Å². The summed E-state index contributed by atoms with van der Waals surface area (Å²) in [7, 11) is 0. The molecule has 3 heteroatoms. The van der Waals surface area contributed by atoms with Crippen LogP contribution < -0.4 is 5.73 Å². The van der Waals surface area contributed by atoms with Crippen molar-refractivity contribution in [3.8, 4) is 0 Å². The van der Waals surface area contributed by atoms with Crippen molar-refractivity contribution in [3.63, 3.8) is 0 Å². The molecule has 1 aromatic rings. The summed E-state index contributed by atoms with van der Waals surface area (Å²) in [5.41, 5.74) is 8.15. The largest absolute Gasteiger partial charge is 0.398 e. The lowest BCUT2D eigenvalue weighted by atomic mass is 10.1. The molecule has 19 heavy (non-hydrogen) atoms. The van der Waals surface area contributed by atoms with E-state index in [9.17, 15) is 0 Å². The Morgan fingerprint density at radius 2 is 2.21 bits per heavy atom. The molecule has 1 heterocycles. The average Bonchev–Trinajstić information content (AvgIpc) is 2.93. The molecule has 2 N–H and O–H groups in total. The van der Waals surface area contributed by atoms with E-state index < -0.39 is 0 Å². The summed E-state index contributed by atoms with van der Waals surface area (Å²) in [5, 5.41) is 0. The van der Waals surface area contributed by atoms with Crippen LogP contribution in [-0.4, -0.2) is 30.7 Å². The van der Waals surface area contributed by atoms with Gasteiger partial charge in [-0.2, -0.15) is 0 Å². The van der Waals surface area contributed by atoms with E-state index in [0.29, 0.717) is 6.10 Å². The van der Waals surface area contributed by atoms with Crippen LogP contribution in [0.4, 0.5) is 5.69 Å². The first-order valence-corrected chi connectivity index (χ1v) is 7.47. The van der Waals surface area contributed by atoms with Crippen molar-refractivity contribution >= 4 is 5.69 Å². The molecule has 1 aliphatic heterocycles. The molecule has 0 saturated carbocycles. The van der Waals surface area contributed by atoms with Gasteiger partial charge in [0, 0.05) is 18.8 Å². The van der Waals surface area contributed by atoms with Gasteiger partial charge in [-0.15, -0.1) is 0 Å². The maximum atomic E-state index is 6.01. The first-order chi connectivity index (χ1) is 9.29. The summed E-state index contributed by atoms with van der Waals surface area (Å²) in [6.07, 6.45) is 5.41. The first kappa shape index (κ1) is 14.4. The smallest absolute Gasteiger partial charge is 0.0576 e. The lowest BCUT2D eigenvalue weighted by Crippen LogP contribution is -2.25. The van der Waals surface area contributed by atoms with E-state index in [1.165, 1.54) is 31.2 Å². The van der Waals surface area contributed by atoms with Gasteiger partial charge in [0.1, 0.15) is 0 Å². The van der Waals surface area contributed by atoms with Crippen LogP contribution >= 0.6 is 0 Å². The summed E-state index contributed by atoms with van der Waals surface area (Å²) < 4.78 is 5.67. The number of nitrogens with zero attached hydrogens (tertiary/aromatic N) is 1. The minimum atomic E-state index is 0.514. The number of rotatable bonds is 7. The van der Waals surface area contributed by atoms with Crippen LogP contribution in [-0.2, 0) is 11.3 Å². The highest BCUT2D eigenvalue weighted by Crippen LogP contribution is 2.18. The van der Waals surface area contributed by atoms with Crippen LogP contribution in [0.5, 0.6) is 0 Å². The van der Waals surface area contributed by atoms with Gasteiger partial charge in [-0.1, -0.05) is 25.1 Å². The Hall–Kier alpha value is -1.06. The summed E-state index contributed by atoms with van der Waals surface area (Å²) in [4.78, 5) is 2.46. The highest BCUT2D eigenvalue weighted by atomic mass is 16.5. The number of hydrogen-bond donors (Lipinski definition) is 1. The fourth-order valence-corrected chi connectivity index (χ4v) is 2.68. The summed E-state index contributed by atoms with van der Waals surface area (Å²) in [6.45, 7) is 6.33. The Balaban J connectivity index is 1.75. The fourth-order valence-electron chi connectivity index (χ4n) is 2.68. The maximum Gasteiger partial charge on any atom is 0.0576 e. The average molecular weight is 262 g/mol. The van der Waals surface area contributed by atoms with Gasteiger partial charge in [0.25, 0.3) is 0 Å². The third-order valence-corrected chi connectivity index (χ3v) is 3.92. The van der Waals surface area contributed by atoms with Gasteiger partial charge in [-0.3, -0.25) is 4.90 Å². The van der Waals surface area contributed by atoms with Crippen LogP contribution in [0, 0.1) is 0 Å². The summed E-state index contributed by atoms with van der Waals surface area (Å²) in [6, 6.07) is 8.16. The molecule has 2 rings (SSSR count). The predicted molar refractivity (Wildman–Crippen MR) is 80.0 cm³/mol. The molecule has 0 amide bonds. The SMILES string of the molecule is CCN(CCCC1CCCO1)Cc1ccccc1N. The third kappa shape index (κ3) is 4.51. The molecule has 1 unspecified atom stereocenters. The Bertz CT molecular complexity index is 375. The Kier molecular flexibility index (Phi) is 5.67. The topological polar surface area (TPSA) is 38.5 Å². The van der Waals surface area contributed by atoms with Gasteiger partial charge < -0.3 is 10.5 Å². The second kappa shape index (κ2) is 7.51. The third-order valence-electron chi connectivity index (χ3n) is 3.92. The first-order valence-electron chi connectivity index (χ1n) is 7.47. The number of nitrogens with two attached hydrogens (primary N) is 1. The van der Waals surface area contributed by atoms with E-state index in [1.807, 2.05) is 12.1 Å². The van der Waals surface area contributed by atoms with Gasteiger partial charge in [0.15, 0.2) is 0 Å². The molecule has 1 aromatic carbocycles. The standard InChI is InChI=1S/C16H26N2O/c1-2-18(11-5-8-15-9-6-12-19-15)13-14-7-3-4-10-16(14)17/h3-4,7,10,15H,2,5-6,8-9,11-13,17H2,1H3. The molecule has 1 saturated heterocycles. The molecule has 0 spiro atoms. The molecule has 0 radical (unpaired) electrons. The fraction of sp³-hybridized carbons (Fsp3) is 0.625. The van der Waals surface area contributed by atoms with Gasteiger partial charge in [0.2, 0.25) is 0 Å². The zero-order valence-electron chi connectivity index (χ0n) is 12.0. The number of hydrogen-bond acceptors (Lipinski definition) is 3. The molecule has 106 valence electrons. The molecular formula is C16H26N2O. The predicted octanol–water partition coefficient (Wildman–Crippen LogP) is 3.05. The zero-order chi connectivity index (χ0) is 13.5. The van der Waals surface area contributed by atoms with Gasteiger partial charge in [-0.25, -0.2) is 0 Å². The second-order valence-corrected chi connectivity index (χ2v) is 5.34. The molecule has 1 atom stereocenters. The van der Waals surface area contributed by atoms with Crippen molar-refractivity contribution in [3.05, 3.63) is 29.8 Å². The van der Waals surface area contributed by atoms with E-state index in [1.54, 1.807) is 0 Å². The molecule has 1 aliphatic rings. The number of anilines is 1. The lowest BCUT2D eigenvalue weighted by molar-refractivity contribution is 0.0986. The van der Waals surface area contributed by atoms with Crippen LogP contribution in [0.1, 0.15) is 38.2 Å². The highest BCUT2D eigenvalue weighted by Gasteiger charge is 2.15. The maximum absolute atomic E-state index is 6.01. The summed E-state index contributed by atoms with van der Waals surface area (Å²) in [5.74, 6) is 0. The van der Waals surface area contributed by atoms with Crippen LogP contribution in [0.15, 0.2) is 24.3 Å². The highest BCUT2D eigenvalue weighted by molar-refractivity contribution is 5.46. The molecule has 0 bridgehead atoms.